The molecule has 0 radical (unpaired) electrons. The number of carbonyl (C=O) groups is 2. The molecule has 0 aliphatic carbocycles. The standard InChI is InChI=1S/C26H26F6N4O3/c1-39-24(38)16-4-2-15(3-5-16)10-21-20-14-36(35-8-6-34(21)7-9-35)22(20)23(37)33-19-12-17(25(27,28)29)11-18(13-19)26(30,31)32/h2-5,11-13,20-22H,6-10,14H2,1H3,(H,33,37). The maximum atomic E-state index is 13.4. The summed E-state index contributed by atoms with van der Waals surface area (Å²) in [7, 11) is 1.29. The van der Waals surface area contributed by atoms with Crippen molar-refractivity contribution in [1.29, 1.82) is 0 Å². The number of fused-ring (bicyclic) bond motifs is 1. The first kappa shape index (κ1) is 27.4. The quantitative estimate of drug-likeness (QED) is 0.445. The first-order valence-electron chi connectivity index (χ1n) is 12.4. The van der Waals surface area contributed by atoms with Gasteiger partial charge in [-0.2, -0.15) is 26.3 Å². The molecule has 5 fully saturated rings. The molecule has 2 aromatic rings. The van der Waals surface area contributed by atoms with Crippen LogP contribution in [0.3, 0.4) is 0 Å². The Kier molecular flexibility index (Phi) is 7.10. The Morgan fingerprint density at radius 3 is 2.05 bits per heavy atom. The second-order valence-electron chi connectivity index (χ2n) is 9.96. The molecule has 39 heavy (non-hydrogen) atoms. The van der Waals surface area contributed by atoms with Crippen molar-refractivity contribution in [3.63, 3.8) is 0 Å². The molecule has 5 heterocycles. The van der Waals surface area contributed by atoms with Gasteiger partial charge in [0.2, 0.25) is 5.91 Å². The van der Waals surface area contributed by atoms with Crippen molar-refractivity contribution >= 4 is 17.6 Å². The fraction of sp³-hybridized carbons (Fsp3) is 0.462. The summed E-state index contributed by atoms with van der Waals surface area (Å²) in [6, 6.07) is 7.18. The van der Waals surface area contributed by atoms with Crippen molar-refractivity contribution < 1.29 is 40.7 Å². The molecule has 0 aromatic heterocycles. The Morgan fingerprint density at radius 1 is 0.923 bits per heavy atom. The van der Waals surface area contributed by atoms with Crippen LogP contribution in [0.1, 0.15) is 27.0 Å². The van der Waals surface area contributed by atoms with Gasteiger partial charge < -0.3 is 10.1 Å². The Balaban J connectivity index is 1.40. The number of anilines is 1. The summed E-state index contributed by atoms with van der Waals surface area (Å²) in [5.74, 6) is -1.32. The minimum absolute atomic E-state index is 0.0336. The van der Waals surface area contributed by atoms with Gasteiger partial charge in [0.1, 0.15) is 6.04 Å². The van der Waals surface area contributed by atoms with Crippen molar-refractivity contribution in [3.05, 3.63) is 64.7 Å². The van der Waals surface area contributed by atoms with Gasteiger partial charge in [0.05, 0.1) is 23.8 Å². The van der Waals surface area contributed by atoms with Gasteiger partial charge in [-0.15, -0.1) is 0 Å². The number of hydrogen-bond donors (Lipinski definition) is 1. The molecule has 0 saturated carbocycles. The second-order valence-corrected chi connectivity index (χ2v) is 9.96. The number of amides is 1. The summed E-state index contributed by atoms with van der Waals surface area (Å²) in [6.45, 7) is 3.35. The van der Waals surface area contributed by atoms with E-state index in [1.807, 2.05) is 22.2 Å². The molecule has 5 saturated heterocycles. The minimum Gasteiger partial charge on any atom is -0.465 e. The van der Waals surface area contributed by atoms with Gasteiger partial charge in [0.25, 0.3) is 0 Å². The lowest BCUT2D eigenvalue weighted by atomic mass is 9.78. The first-order valence-corrected chi connectivity index (χ1v) is 12.4. The first-order chi connectivity index (χ1) is 18.3. The maximum Gasteiger partial charge on any atom is 0.416 e. The molecule has 7 nitrogen and oxygen atoms in total. The summed E-state index contributed by atoms with van der Waals surface area (Å²) >= 11 is 0. The topological polar surface area (TPSA) is 65.1 Å². The van der Waals surface area contributed by atoms with Gasteiger partial charge >= 0.3 is 18.3 Å². The molecular weight excluding hydrogens is 530 g/mol. The van der Waals surface area contributed by atoms with E-state index in [0.29, 0.717) is 43.8 Å². The van der Waals surface area contributed by atoms with Crippen LogP contribution >= 0.6 is 0 Å². The van der Waals surface area contributed by atoms with Crippen molar-refractivity contribution in [2.45, 2.75) is 30.9 Å². The summed E-state index contributed by atoms with van der Waals surface area (Å²) in [4.78, 5) is 27.5. The summed E-state index contributed by atoms with van der Waals surface area (Å²) in [6.07, 6.45) is -9.47. The molecule has 7 rings (SSSR count). The lowest BCUT2D eigenvalue weighted by Crippen LogP contribution is -2.77. The molecule has 1 amide bonds. The van der Waals surface area contributed by atoms with Gasteiger partial charge in [-0.25, -0.2) is 14.8 Å². The van der Waals surface area contributed by atoms with Gasteiger partial charge in [-0.1, -0.05) is 12.1 Å². The molecule has 5 aliphatic rings. The Labute approximate surface area is 220 Å². The van der Waals surface area contributed by atoms with E-state index in [4.69, 9.17) is 4.74 Å². The van der Waals surface area contributed by atoms with E-state index in [1.165, 1.54) is 7.11 Å². The highest BCUT2D eigenvalue weighted by Crippen LogP contribution is 2.40. The van der Waals surface area contributed by atoms with E-state index < -0.39 is 47.1 Å². The zero-order valence-corrected chi connectivity index (χ0v) is 20.9. The lowest BCUT2D eigenvalue weighted by molar-refractivity contribution is -0.213. The van der Waals surface area contributed by atoms with E-state index in [-0.39, 0.29) is 18.0 Å². The van der Waals surface area contributed by atoms with Gasteiger partial charge in [-0.05, 0) is 42.3 Å². The summed E-state index contributed by atoms with van der Waals surface area (Å²) < 4.78 is 84.7. The Morgan fingerprint density at radius 2 is 1.51 bits per heavy atom. The Bertz CT molecular complexity index is 1210. The number of methoxy groups -OCH3 is 1. The second kappa shape index (κ2) is 10.1. The van der Waals surface area contributed by atoms with Gasteiger partial charge in [-0.3, -0.25) is 9.69 Å². The third-order valence-electron chi connectivity index (χ3n) is 7.69. The van der Waals surface area contributed by atoms with Crippen molar-refractivity contribution in [2.75, 3.05) is 45.2 Å². The number of rotatable bonds is 5. The number of esters is 1. The molecule has 1 N–H and O–H groups in total. The largest absolute Gasteiger partial charge is 0.465 e. The number of carbonyl (C=O) groups excluding carboxylic acids is 2. The fourth-order valence-electron chi connectivity index (χ4n) is 5.70. The molecule has 4 atom stereocenters. The number of alkyl halides is 6. The van der Waals surface area contributed by atoms with E-state index in [0.717, 1.165) is 18.7 Å². The van der Waals surface area contributed by atoms with Gasteiger partial charge in [0, 0.05) is 50.4 Å². The van der Waals surface area contributed by atoms with E-state index in [2.05, 4.69) is 10.2 Å². The molecular formula is C26H26F6N4O3. The van der Waals surface area contributed by atoms with E-state index in [9.17, 15) is 35.9 Å². The lowest BCUT2D eigenvalue weighted by Gasteiger charge is -2.61. The highest BCUT2D eigenvalue weighted by molar-refractivity contribution is 5.96. The number of nitrogens with zero attached hydrogens (tertiary/aromatic N) is 3. The molecule has 0 spiro atoms. The van der Waals surface area contributed by atoms with Crippen molar-refractivity contribution in [1.82, 2.24) is 14.9 Å². The molecule has 5 aliphatic heterocycles. The SMILES string of the molecule is COC(=O)c1ccc(CC2C3CN(C3C(=O)Nc3cc(C(F)(F)F)cc(C(F)(F)F)c3)N3CCN2CC3)cc1. The molecule has 4 unspecified atom stereocenters. The van der Waals surface area contributed by atoms with Crippen LogP contribution in [0, 0.1) is 5.92 Å². The zero-order chi connectivity index (χ0) is 28.1. The summed E-state index contributed by atoms with van der Waals surface area (Å²) in [5.41, 5.74) is -2.20. The predicted molar refractivity (Wildman–Crippen MR) is 127 cm³/mol. The number of halogens is 6. The number of hydrogen-bond acceptors (Lipinski definition) is 6. The normalized spacial score (nSPS) is 28.2. The highest BCUT2D eigenvalue weighted by Gasteiger charge is 2.54. The monoisotopic (exact) mass is 556 g/mol. The highest BCUT2D eigenvalue weighted by atomic mass is 19.4. The maximum absolute atomic E-state index is 13.4. The van der Waals surface area contributed by atoms with Crippen LogP contribution in [-0.4, -0.2) is 78.7 Å². The Hall–Kier alpha value is -3.16. The van der Waals surface area contributed by atoms with Crippen LogP contribution in [0.4, 0.5) is 32.0 Å². The molecule has 2 aromatic carbocycles. The van der Waals surface area contributed by atoms with Crippen LogP contribution in [0.2, 0.25) is 0 Å². The van der Waals surface area contributed by atoms with Crippen LogP contribution in [0.25, 0.3) is 0 Å². The average molecular weight is 557 g/mol. The van der Waals surface area contributed by atoms with Crippen LogP contribution in [0.15, 0.2) is 42.5 Å². The smallest absolute Gasteiger partial charge is 0.416 e. The predicted octanol–water partition coefficient (Wildman–Crippen LogP) is 3.91. The van der Waals surface area contributed by atoms with Gasteiger partial charge in [0.15, 0.2) is 0 Å². The molecule has 210 valence electrons. The van der Waals surface area contributed by atoms with Crippen LogP contribution in [-0.2, 0) is 28.3 Å². The number of piperazine rings is 1. The minimum atomic E-state index is -5.01. The van der Waals surface area contributed by atoms with Crippen LogP contribution in [0.5, 0.6) is 0 Å². The van der Waals surface area contributed by atoms with Crippen molar-refractivity contribution in [2.24, 2.45) is 5.92 Å². The zero-order valence-electron chi connectivity index (χ0n) is 20.9. The van der Waals surface area contributed by atoms with E-state index in [1.54, 1.807) is 12.1 Å². The number of nitrogens with one attached hydrogen (secondary N) is 1. The summed E-state index contributed by atoms with van der Waals surface area (Å²) in [5, 5.41) is 6.22. The molecule has 4 bridgehead atoms. The fourth-order valence-corrected chi connectivity index (χ4v) is 5.70. The van der Waals surface area contributed by atoms with Crippen LogP contribution < -0.4 is 5.32 Å². The average Bonchev–Trinajstić information content (AvgIpc) is 2.84. The van der Waals surface area contributed by atoms with Crippen molar-refractivity contribution in [3.8, 4) is 0 Å². The number of ether oxygens (including phenoxy) is 1. The van der Waals surface area contributed by atoms with E-state index >= 15 is 0 Å². The third kappa shape index (κ3) is 5.48. The number of benzene rings is 2. The third-order valence-corrected chi connectivity index (χ3v) is 7.69. The molecule has 13 heteroatoms. The number of hydrazine groups is 1.